The summed E-state index contributed by atoms with van der Waals surface area (Å²) in [4.78, 5) is 35.9. The molecule has 2 N–H and O–H groups in total. The summed E-state index contributed by atoms with van der Waals surface area (Å²) in [5.41, 5.74) is -0.649. The fourth-order valence-electron chi connectivity index (χ4n) is 2.27. The molecule has 1 heterocycles. The molecule has 0 spiro atoms. The van der Waals surface area contributed by atoms with Gasteiger partial charge in [-0.3, -0.25) is 14.9 Å². The zero-order valence-corrected chi connectivity index (χ0v) is 14.4. The molecule has 1 aliphatic rings. The number of ether oxygens (including phenoxy) is 1. The van der Waals surface area contributed by atoms with E-state index in [0.29, 0.717) is 0 Å². The van der Waals surface area contributed by atoms with E-state index in [1.807, 2.05) is 0 Å². The maximum atomic E-state index is 12.4. The van der Waals surface area contributed by atoms with Crippen molar-refractivity contribution < 1.29 is 24.4 Å². The van der Waals surface area contributed by atoms with E-state index in [1.165, 1.54) is 11.0 Å². The van der Waals surface area contributed by atoms with E-state index in [4.69, 9.17) is 28.3 Å². The van der Waals surface area contributed by atoms with Crippen molar-refractivity contribution in [3.63, 3.8) is 0 Å². The maximum absolute atomic E-state index is 12.4. The molecule has 2 rings (SSSR count). The number of rotatable bonds is 6. The van der Waals surface area contributed by atoms with Gasteiger partial charge in [0.05, 0.1) is 41.5 Å². The van der Waals surface area contributed by atoms with Crippen molar-refractivity contribution in [1.29, 1.82) is 0 Å². The number of aliphatic hydroxyl groups is 1. The average Bonchev–Trinajstić information content (AvgIpc) is 2.87. The second-order valence-corrected chi connectivity index (χ2v) is 5.72. The molecule has 11 heteroatoms. The van der Waals surface area contributed by atoms with Gasteiger partial charge in [0, 0.05) is 12.6 Å². The van der Waals surface area contributed by atoms with Gasteiger partial charge in [-0.1, -0.05) is 23.2 Å². The number of benzene rings is 1. The van der Waals surface area contributed by atoms with Gasteiger partial charge in [-0.15, -0.1) is 0 Å². The van der Waals surface area contributed by atoms with Crippen molar-refractivity contribution in [1.82, 2.24) is 4.90 Å². The molecule has 0 aromatic heterocycles. The molecule has 0 saturated heterocycles. The van der Waals surface area contributed by atoms with Gasteiger partial charge < -0.3 is 20.1 Å². The Hall–Kier alpha value is -2.36. The number of hydrogen-bond acceptors (Lipinski definition) is 7. The Morgan fingerprint density at radius 2 is 2.16 bits per heavy atom. The van der Waals surface area contributed by atoms with Gasteiger partial charge in [-0.05, 0) is 6.07 Å². The first-order valence-electron chi connectivity index (χ1n) is 6.92. The van der Waals surface area contributed by atoms with E-state index in [2.05, 4.69) is 10.1 Å². The normalized spacial score (nSPS) is 14.1. The lowest BCUT2D eigenvalue weighted by atomic mass is 10.2. The molecule has 1 aromatic rings. The predicted molar refractivity (Wildman–Crippen MR) is 89.4 cm³/mol. The summed E-state index contributed by atoms with van der Waals surface area (Å²) in [5, 5.41) is 22.4. The number of nitrogens with zero attached hydrogens (tertiary/aromatic N) is 2. The quantitative estimate of drug-likeness (QED) is 0.430. The topological polar surface area (TPSA) is 122 Å². The van der Waals surface area contributed by atoms with Crippen LogP contribution in [-0.4, -0.2) is 53.6 Å². The first kappa shape index (κ1) is 19.0. The molecule has 0 fully saturated rings. The van der Waals surface area contributed by atoms with Gasteiger partial charge in [0.2, 0.25) is 0 Å². The summed E-state index contributed by atoms with van der Waals surface area (Å²) in [6.45, 7) is -0.384. The molecule has 0 atom stereocenters. The number of anilines is 1. The van der Waals surface area contributed by atoms with E-state index in [-0.39, 0.29) is 46.7 Å². The molecular weight excluding hydrogens is 377 g/mol. The lowest BCUT2D eigenvalue weighted by Gasteiger charge is -2.15. The van der Waals surface area contributed by atoms with Crippen molar-refractivity contribution in [2.75, 3.05) is 32.1 Å². The molecule has 1 aliphatic heterocycles. The minimum absolute atomic E-state index is 0.000380. The Morgan fingerprint density at radius 1 is 1.48 bits per heavy atom. The second-order valence-electron chi connectivity index (χ2n) is 4.93. The lowest BCUT2D eigenvalue weighted by molar-refractivity contribution is -0.384. The van der Waals surface area contributed by atoms with Crippen molar-refractivity contribution in [3.8, 4) is 0 Å². The number of aliphatic hydroxyl groups excluding tert-OH is 1. The first-order chi connectivity index (χ1) is 11.8. The van der Waals surface area contributed by atoms with E-state index in [9.17, 15) is 19.7 Å². The molecule has 134 valence electrons. The molecule has 0 radical (unpaired) electrons. The molecule has 9 nitrogen and oxygen atoms in total. The molecule has 1 aromatic carbocycles. The minimum atomic E-state index is -0.756. The van der Waals surface area contributed by atoms with E-state index >= 15 is 0 Å². The smallest absolute Gasteiger partial charge is 0.337 e. The summed E-state index contributed by atoms with van der Waals surface area (Å²) in [6.07, 6.45) is 0. The van der Waals surface area contributed by atoms with Crippen molar-refractivity contribution in [2.45, 2.75) is 0 Å². The van der Waals surface area contributed by atoms with Crippen molar-refractivity contribution in [2.24, 2.45) is 0 Å². The fraction of sp³-hybridized carbons (Fsp3) is 0.286. The largest absolute Gasteiger partial charge is 0.466 e. The minimum Gasteiger partial charge on any atom is -0.466 e. The van der Waals surface area contributed by atoms with Crippen molar-refractivity contribution in [3.05, 3.63) is 43.6 Å². The predicted octanol–water partition coefficient (Wildman–Crippen LogP) is 1.58. The molecule has 0 saturated carbocycles. The van der Waals surface area contributed by atoms with Crippen LogP contribution in [0.1, 0.15) is 0 Å². The van der Waals surface area contributed by atoms with Crippen LogP contribution in [0, 0.1) is 10.1 Å². The molecule has 0 unspecified atom stereocenters. The number of hydrogen-bond donors (Lipinski definition) is 2. The van der Waals surface area contributed by atoms with Gasteiger partial charge in [0.15, 0.2) is 0 Å². The Kier molecular flexibility index (Phi) is 5.83. The molecule has 25 heavy (non-hydrogen) atoms. The average molecular weight is 390 g/mol. The number of carbonyl (C=O) groups is 2. The van der Waals surface area contributed by atoms with Gasteiger partial charge in [0.25, 0.3) is 11.6 Å². The highest BCUT2D eigenvalue weighted by molar-refractivity contribution is 6.40. The van der Waals surface area contributed by atoms with Gasteiger partial charge >= 0.3 is 5.97 Å². The summed E-state index contributed by atoms with van der Waals surface area (Å²) in [5.74, 6) is -1.35. The lowest BCUT2D eigenvalue weighted by Crippen LogP contribution is -2.31. The highest BCUT2D eigenvalue weighted by Crippen LogP contribution is 2.39. The number of nitro benzene ring substituents is 1. The zero-order valence-electron chi connectivity index (χ0n) is 12.9. The molecular formula is C14H13Cl2N3O6. The van der Waals surface area contributed by atoms with Crippen LogP contribution in [0.5, 0.6) is 0 Å². The third-order valence-corrected chi connectivity index (χ3v) is 4.17. The number of esters is 1. The van der Waals surface area contributed by atoms with Crippen LogP contribution >= 0.6 is 23.2 Å². The van der Waals surface area contributed by atoms with Crippen molar-refractivity contribution >= 4 is 46.5 Å². The van der Waals surface area contributed by atoms with Crippen LogP contribution in [0.15, 0.2) is 23.4 Å². The Balaban J connectivity index is 2.49. The van der Waals surface area contributed by atoms with Crippen LogP contribution in [0.3, 0.4) is 0 Å². The summed E-state index contributed by atoms with van der Waals surface area (Å²) in [7, 11) is 1.15. The number of carbonyl (C=O) groups excluding carboxylic acids is 2. The number of methoxy groups -OCH3 is 1. The van der Waals surface area contributed by atoms with Gasteiger partial charge in [0.1, 0.15) is 10.7 Å². The molecule has 1 amide bonds. The Bertz CT molecular complexity index is 780. The summed E-state index contributed by atoms with van der Waals surface area (Å²) < 4.78 is 4.65. The van der Waals surface area contributed by atoms with Crippen LogP contribution < -0.4 is 5.32 Å². The van der Waals surface area contributed by atoms with E-state index < -0.39 is 22.5 Å². The number of nitrogens with one attached hydrogen (secondary N) is 1. The summed E-state index contributed by atoms with van der Waals surface area (Å²) in [6, 6.07) is 2.37. The van der Waals surface area contributed by atoms with E-state index in [0.717, 1.165) is 13.2 Å². The third-order valence-electron chi connectivity index (χ3n) is 3.47. The highest BCUT2D eigenvalue weighted by Gasteiger charge is 2.35. The maximum Gasteiger partial charge on any atom is 0.337 e. The standard InChI is InChI=1S/C14H13Cl2N3O6/c1-25-14(22)7-6-18(4-5-20)13(21)11(7)17-12-8(15)2-3-9(10(12)16)19(23)24/h2-3,17,20H,4-6H2,1H3. The highest BCUT2D eigenvalue weighted by atomic mass is 35.5. The first-order valence-corrected chi connectivity index (χ1v) is 7.68. The second kappa shape index (κ2) is 7.68. The Labute approximate surface area is 151 Å². The fourth-order valence-corrected chi connectivity index (χ4v) is 2.81. The number of amides is 1. The molecule has 0 aliphatic carbocycles. The number of nitro groups is 1. The zero-order chi connectivity index (χ0) is 18.7. The van der Waals surface area contributed by atoms with Crippen LogP contribution in [0.2, 0.25) is 10.0 Å². The monoisotopic (exact) mass is 389 g/mol. The van der Waals surface area contributed by atoms with Crippen LogP contribution in [0.25, 0.3) is 0 Å². The van der Waals surface area contributed by atoms with E-state index in [1.54, 1.807) is 0 Å². The number of halogens is 2. The Morgan fingerprint density at radius 3 is 2.72 bits per heavy atom. The van der Waals surface area contributed by atoms with Gasteiger partial charge in [-0.25, -0.2) is 4.79 Å². The van der Waals surface area contributed by atoms with Gasteiger partial charge in [-0.2, -0.15) is 0 Å². The van der Waals surface area contributed by atoms with Crippen LogP contribution in [-0.2, 0) is 14.3 Å². The third kappa shape index (κ3) is 3.68. The van der Waals surface area contributed by atoms with Crippen LogP contribution in [0.4, 0.5) is 11.4 Å². The number of β-amino-alcohol motifs (C(OH)–C–C–N with tert-alkyl or cyclic N) is 1. The molecule has 0 bridgehead atoms. The summed E-state index contributed by atoms with van der Waals surface area (Å²) >= 11 is 12.0. The SMILES string of the molecule is COC(=O)C1=C(Nc2c(Cl)ccc([N+](=O)[O-])c2Cl)C(=O)N(CCO)C1.